The number of carbonyl (C=O) groups is 4. The SMILES string of the molecule is COC(=O)N[C@@](C=O)(CN[C@@H](C)C(=O)N[C@H](C=O)CC(C)C)C(C)C. The molecule has 0 aliphatic rings. The van der Waals surface area contributed by atoms with Crippen LogP contribution in [0.3, 0.4) is 0 Å². The average Bonchev–Trinajstić information content (AvgIpc) is 2.56. The Morgan fingerprint density at radius 1 is 1.12 bits per heavy atom. The first kappa shape index (κ1) is 23.0. The van der Waals surface area contributed by atoms with Crippen molar-refractivity contribution in [3.8, 4) is 0 Å². The molecule has 8 heteroatoms. The number of hydrogen-bond donors (Lipinski definition) is 3. The summed E-state index contributed by atoms with van der Waals surface area (Å²) in [6, 6.07) is -1.20. The van der Waals surface area contributed by atoms with E-state index in [2.05, 4.69) is 20.7 Å². The van der Waals surface area contributed by atoms with Gasteiger partial charge in [0.25, 0.3) is 0 Å². The van der Waals surface area contributed by atoms with Crippen molar-refractivity contribution in [1.29, 1.82) is 0 Å². The van der Waals surface area contributed by atoms with Crippen LogP contribution in [0, 0.1) is 11.8 Å². The van der Waals surface area contributed by atoms with E-state index in [0.29, 0.717) is 19.0 Å². The molecular weight excluding hydrogens is 326 g/mol. The van der Waals surface area contributed by atoms with Gasteiger partial charge in [-0.3, -0.25) is 4.79 Å². The number of aldehydes is 2. The van der Waals surface area contributed by atoms with Gasteiger partial charge < -0.3 is 30.3 Å². The summed E-state index contributed by atoms with van der Waals surface area (Å²) in [4.78, 5) is 46.4. The molecule has 2 amide bonds. The van der Waals surface area contributed by atoms with Crippen LogP contribution in [-0.2, 0) is 19.1 Å². The third-order valence-corrected chi connectivity index (χ3v) is 4.07. The lowest BCUT2D eigenvalue weighted by Crippen LogP contribution is -2.61. The van der Waals surface area contributed by atoms with Gasteiger partial charge in [0.2, 0.25) is 5.91 Å². The van der Waals surface area contributed by atoms with Crippen molar-refractivity contribution in [1.82, 2.24) is 16.0 Å². The van der Waals surface area contributed by atoms with Crippen LogP contribution in [0.2, 0.25) is 0 Å². The van der Waals surface area contributed by atoms with Crippen LogP contribution in [-0.4, -0.2) is 55.8 Å². The molecule has 0 saturated heterocycles. The summed E-state index contributed by atoms with van der Waals surface area (Å²) < 4.78 is 4.56. The van der Waals surface area contributed by atoms with Gasteiger partial charge in [-0.2, -0.15) is 0 Å². The topological polar surface area (TPSA) is 114 Å². The van der Waals surface area contributed by atoms with Crippen LogP contribution in [0.25, 0.3) is 0 Å². The lowest BCUT2D eigenvalue weighted by Gasteiger charge is -2.33. The van der Waals surface area contributed by atoms with Gasteiger partial charge in [0.1, 0.15) is 18.1 Å². The van der Waals surface area contributed by atoms with Gasteiger partial charge in [0, 0.05) is 6.54 Å². The van der Waals surface area contributed by atoms with Crippen LogP contribution < -0.4 is 16.0 Å². The Morgan fingerprint density at radius 3 is 2.12 bits per heavy atom. The highest BCUT2D eigenvalue weighted by Crippen LogP contribution is 2.14. The third kappa shape index (κ3) is 7.64. The zero-order chi connectivity index (χ0) is 19.6. The Kier molecular flexibility index (Phi) is 9.96. The zero-order valence-corrected chi connectivity index (χ0v) is 15.9. The summed E-state index contributed by atoms with van der Waals surface area (Å²) in [6.07, 6.45) is 1.18. The van der Waals surface area contributed by atoms with Crippen molar-refractivity contribution in [3.05, 3.63) is 0 Å². The molecule has 8 nitrogen and oxygen atoms in total. The third-order valence-electron chi connectivity index (χ3n) is 4.07. The fourth-order valence-corrected chi connectivity index (χ4v) is 2.22. The summed E-state index contributed by atoms with van der Waals surface area (Å²) in [5.74, 6) is -0.304. The highest BCUT2D eigenvalue weighted by atomic mass is 16.5. The lowest BCUT2D eigenvalue weighted by atomic mass is 9.87. The molecule has 25 heavy (non-hydrogen) atoms. The monoisotopic (exact) mass is 357 g/mol. The van der Waals surface area contributed by atoms with Gasteiger partial charge in [-0.05, 0) is 25.2 Å². The first-order chi connectivity index (χ1) is 11.6. The quantitative estimate of drug-likeness (QED) is 0.468. The van der Waals surface area contributed by atoms with Crippen molar-refractivity contribution in [3.63, 3.8) is 0 Å². The van der Waals surface area contributed by atoms with Gasteiger partial charge in [-0.1, -0.05) is 27.7 Å². The second kappa shape index (κ2) is 10.8. The van der Waals surface area contributed by atoms with E-state index >= 15 is 0 Å². The number of nitrogens with one attached hydrogen (secondary N) is 3. The molecule has 0 bridgehead atoms. The molecule has 3 N–H and O–H groups in total. The number of alkyl carbamates (subject to hydrolysis) is 1. The molecule has 0 aromatic carbocycles. The van der Waals surface area contributed by atoms with E-state index in [-0.39, 0.29) is 24.3 Å². The summed E-state index contributed by atoms with van der Waals surface area (Å²) in [5.41, 5.74) is -1.20. The maximum atomic E-state index is 12.2. The fourth-order valence-electron chi connectivity index (χ4n) is 2.22. The number of amides is 2. The maximum absolute atomic E-state index is 12.2. The van der Waals surface area contributed by atoms with E-state index in [0.717, 1.165) is 0 Å². The van der Waals surface area contributed by atoms with Gasteiger partial charge in [0.15, 0.2) is 0 Å². The largest absolute Gasteiger partial charge is 0.453 e. The Labute approximate surface area is 149 Å². The smallest absolute Gasteiger partial charge is 0.407 e. The van der Waals surface area contributed by atoms with Crippen LogP contribution in [0.1, 0.15) is 41.0 Å². The van der Waals surface area contributed by atoms with E-state index in [4.69, 9.17) is 0 Å². The molecule has 0 aliphatic heterocycles. The summed E-state index contributed by atoms with van der Waals surface area (Å²) in [7, 11) is 1.21. The van der Waals surface area contributed by atoms with Crippen molar-refractivity contribution >= 4 is 24.6 Å². The van der Waals surface area contributed by atoms with E-state index in [1.165, 1.54) is 7.11 Å². The summed E-state index contributed by atoms with van der Waals surface area (Å²) >= 11 is 0. The molecular formula is C17H31N3O5. The molecule has 0 rings (SSSR count). The Balaban J connectivity index is 4.86. The first-order valence-corrected chi connectivity index (χ1v) is 8.43. The van der Waals surface area contributed by atoms with Crippen LogP contribution >= 0.6 is 0 Å². The predicted molar refractivity (Wildman–Crippen MR) is 94.1 cm³/mol. The van der Waals surface area contributed by atoms with Crippen molar-refractivity contribution in [2.75, 3.05) is 13.7 Å². The fraction of sp³-hybridized carbons (Fsp3) is 0.765. The number of rotatable bonds is 11. The van der Waals surface area contributed by atoms with Gasteiger partial charge in [-0.25, -0.2) is 4.79 Å². The molecule has 0 saturated carbocycles. The zero-order valence-electron chi connectivity index (χ0n) is 15.9. The van der Waals surface area contributed by atoms with Crippen molar-refractivity contribution in [2.24, 2.45) is 11.8 Å². The van der Waals surface area contributed by atoms with E-state index in [1.807, 2.05) is 13.8 Å². The molecule has 0 radical (unpaired) electrons. The number of carbonyl (C=O) groups excluding carboxylic acids is 4. The van der Waals surface area contributed by atoms with Crippen molar-refractivity contribution < 1.29 is 23.9 Å². The Morgan fingerprint density at radius 2 is 1.72 bits per heavy atom. The van der Waals surface area contributed by atoms with E-state index in [9.17, 15) is 19.2 Å². The summed E-state index contributed by atoms with van der Waals surface area (Å²) in [6.45, 7) is 9.16. The molecule has 0 spiro atoms. The Hall–Kier alpha value is -1.96. The minimum atomic E-state index is -1.20. The molecule has 0 aromatic rings. The van der Waals surface area contributed by atoms with Gasteiger partial charge >= 0.3 is 6.09 Å². The van der Waals surface area contributed by atoms with Crippen LogP contribution in [0.4, 0.5) is 4.79 Å². The maximum Gasteiger partial charge on any atom is 0.407 e. The molecule has 0 fully saturated rings. The second-order valence-corrected chi connectivity index (χ2v) is 6.91. The van der Waals surface area contributed by atoms with E-state index in [1.54, 1.807) is 20.8 Å². The average molecular weight is 357 g/mol. The predicted octanol–water partition coefficient (Wildman–Crippen LogP) is 0.644. The lowest BCUT2D eigenvalue weighted by molar-refractivity contribution is -0.126. The van der Waals surface area contributed by atoms with Gasteiger partial charge in [-0.15, -0.1) is 0 Å². The molecule has 0 heterocycles. The van der Waals surface area contributed by atoms with Crippen LogP contribution in [0.15, 0.2) is 0 Å². The van der Waals surface area contributed by atoms with Crippen LogP contribution in [0.5, 0.6) is 0 Å². The number of ether oxygens (including phenoxy) is 1. The summed E-state index contributed by atoms with van der Waals surface area (Å²) in [5, 5.41) is 8.12. The molecule has 0 unspecified atom stereocenters. The molecule has 3 atom stereocenters. The highest BCUT2D eigenvalue weighted by Gasteiger charge is 2.36. The van der Waals surface area contributed by atoms with Gasteiger partial charge in [0.05, 0.1) is 19.2 Å². The molecule has 144 valence electrons. The Bertz CT molecular complexity index is 467. The molecule has 0 aliphatic carbocycles. The minimum absolute atomic E-state index is 0.0494. The number of methoxy groups -OCH3 is 1. The van der Waals surface area contributed by atoms with Crippen molar-refractivity contribution in [2.45, 2.75) is 58.7 Å². The highest BCUT2D eigenvalue weighted by molar-refractivity contribution is 5.84. The second-order valence-electron chi connectivity index (χ2n) is 6.91. The normalized spacial score (nSPS) is 15.8. The number of hydrogen-bond acceptors (Lipinski definition) is 6. The minimum Gasteiger partial charge on any atom is -0.453 e. The van der Waals surface area contributed by atoms with E-state index < -0.39 is 23.7 Å². The first-order valence-electron chi connectivity index (χ1n) is 8.43. The molecule has 0 aromatic heterocycles. The standard InChI is InChI=1S/C17H31N3O5/c1-11(2)7-14(8-21)19-15(23)13(5)18-9-17(10-22,12(3)4)20-16(24)25-6/h8,10-14,18H,7,9H2,1-6H3,(H,19,23)(H,20,24)/t13-,14-,17+/m0/s1.